The van der Waals surface area contributed by atoms with Crippen molar-refractivity contribution in [2.75, 3.05) is 13.1 Å². The summed E-state index contributed by atoms with van der Waals surface area (Å²) in [5.41, 5.74) is 0.563. The Morgan fingerprint density at radius 1 is 1.41 bits per heavy atom. The van der Waals surface area contributed by atoms with Gasteiger partial charge in [-0.25, -0.2) is 0 Å². The SMILES string of the molecule is Cc1c(C(=O)N2CCC(C)(C(=O)O)C2)oc2ccc(Br)cc12. The highest BCUT2D eigenvalue weighted by molar-refractivity contribution is 9.10. The van der Waals surface area contributed by atoms with Crippen LogP contribution in [-0.2, 0) is 4.79 Å². The third kappa shape index (κ3) is 2.31. The summed E-state index contributed by atoms with van der Waals surface area (Å²) in [6.07, 6.45) is 0.457. The van der Waals surface area contributed by atoms with Crippen LogP contribution in [-0.4, -0.2) is 35.0 Å². The lowest BCUT2D eigenvalue weighted by Crippen LogP contribution is -2.34. The zero-order valence-electron chi connectivity index (χ0n) is 12.4. The first kappa shape index (κ1) is 15.1. The molecule has 2 aromatic rings. The second-order valence-electron chi connectivity index (χ2n) is 6.04. The monoisotopic (exact) mass is 365 g/mol. The molecule has 116 valence electrons. The van der Waals surface area contributed by atoms with Gasteiger partial charge < -0.3 is 14.4 Å². The highest BCUT2D eigenvalue weighted by Crippen LogP contribution is 2.33. The molecule has 2 heterocycles. The Kier molecular flexibility index (Phi) is 3.51. The van der Waals surface area contributed by atoms with E-state index in [0.717, 1.165) is 15.4 Å². The molecule has 0 aliphatic carbocycles. The van der Waals surface area contributed by atoms with Crippen LogP contribution in [0.2, 0.25) is 0 Å². The van der Waals surface area contributed by atoms with Crippen LogP contribution in [0, 0.1) is 12.3 Å². The van der Waals surface area contributed by atoms with Gasteiger partial charge in [0.25, 0.3) is 5.91 Å². The summed E-state index contributed by atoms with van der Waals surface area (Å²) < 4.78 is 6.62. The molecule has 1 amide bonds. The minimum atomic E-state index is -0.876. The summed E-state index contributed by atoms with van der Waals surface area (Å²) in [7, 11) is 0. The van der Waals surface area contributed by atoms with Gasteiger partial charge >= 0.3 is 5.97 Å². The van der Waals surface area contributed by atoms with Crippen LogP contribution in [0.4, 0.5) is 0 Å². The molecule has 6 heteroatoms. The van der Waals surface area contributed by atoms with Crippen LogP contribution in [0.15, 0.2) is 27.1 Å². The molecule has 1 aromatic heterocycles. The Morgan fingerprint density at radius 3 is 2.77 bits per heavy atom. The van der Waals surface area contributed by atoms with Crippen LogP contribution in [0.25, 0.3) is 11.0 Å². The van der Waals surface area contributed by atoms with Crippen molar-refractivity contribution in [2.24, 2.45) is 5.41 Å². The predicted molar refractivity (Wildman–Crippen MR) is 84.9 cm³/mol. The molecule has 1 atom stereocenters. The van der Waals surface area contributed by atoms with Crippen LogP contribution in [0.3, 0.4) is 0 Å². The predicted octanol–water partition coefficient (Wildman–Crippen LogP) is 3.44. The Morgan fingerprint density at radius 2 is 2.14 bits per heavy atom. The third-order valence-electron chi connectivity index (χ3n) is 4.37. The van der Waals surface area contributed by atoms with Gasteiger partial charge in [0, 0.05) is 28.5 Å². The number of carbonyl (C=O) groups is 2. The van der Waals surface area contributed by atoms with E-state index in [0.29, 0.717) is 24.3 Å². The molecule has 22 heavy (non-hydrogen) atoms. The number of carboxylic acid groups (broad SMARTS) is 1. The maximum absolute atomic E-state index is 12.7. The van der Waals surface area contributed by atoms with Crippen molar-refractivity contribution in [3.63, 3.8) is 0 Å². The third-order valence-corrected chi connectivity index (χ3v) is 4.86. The first-order chi connectivity index (χ1) is 10.3. The summed E-state index contributed by atoms with van der Waals surface area (Å²) in [5, 5.41) is 10.2. The van der Waals surface area contributed by atoms with Gasteiger partial charge in [-0.3, -0.25) is 9.59 Å². The summed E-state index contributed by atoms with van der Waals surface area (Å²) >= 11 is 3.41. The lowest BCUT2D eigenvalue weighted by Gasteiger charge is -2.19. The molecule has 0 radical (unpaired) electrons. The van der Waals surface area contributed by atoms with Gasteiger partial charge in [-0.05, 0) is 38.5 Å². The number of nitrogens with zero attached hydrogens (tertiary/aromatic N) is 1. The van der Waals surface area contributed by atoms with Crippen molar-refractivity contribution >= 4 is 38.8 Å². The van der Waals surface area contributed by atoms with Gasteiger partial charge in [0.1, 0.15) is 5.58 Å². The average molecular weight is 366 g/mol. The Bertz CT molecular complexity index is 782. The number of amides is 1. The van der Waals surface area contributed by atoms with Crippen molar-refractivity contribution in [1.29, 1.82) is 0 Å². The van der Waals surface area contributed by atoms with E-state index in [1.807, 2.05) is 25.1 Å². The highest BCUT2D eigenvalue weighted by Gasteiger charge is 2.43. The maximum Gasteiger partial charge on any atom is 0.311 e. The molecule has 0 bridgehead atoms. The number of carbonyl (C=O) groups excluding carboxylic acids is 1. The number of likely N-dealkylation sites (tertiary alicyclic amines) is 1. The largest absolute Gasteiger partial charge is 0.481 e. The molecular formula is C16H16BrNO4. The van der Waals surface area contributed by atoms with E-state index in [-0.39, 0.29) is 12.5 Å². The number of furan rings is 1. The molecule has 5 nitrogen and oxygen atoms in total. The van der Waals surface area contributed by atoms with E-state index in [4.69, 9.17) is 4.42 Å². The van der Waals surface area contributed by atoms with Gasteiger partial charge in [-0.15, -0.1) is 0 Å². The quantitative estimate of drug-likeness (QED) is 0.884. The molecule has 1 fully saturated rings. The van der Waals surface area contributed by atoms with E-state index in [1.165, 1.54) is 0 Å². The summed E-state index contributed by atoms with van der Waals surface area (Å²) in [5.74, 6) is -0.814. The van der Waals surface area contributed by atoms with E-state index < -0.39 is 11.4 Å². The first-order valence-electron chi connectivity index (χ1n) is 7.03. The molecule has 1 aliphatic heterocycles. The van der Waals surface area contributed by atoms with Gasteiger partial charge in [0.2, 0.25) is 0 Å². The number of carboxylic acids is 1. The van der Waals surface area contributed by atoms with Gasteiger partial charge in [-0.1, -0.05) is 15.9 Å². The second kappa shape index (κ2) is 5.12. The van der Waals surface area contributed by atoms with Gasteiger partial charge in [0.05, 0.1) is 5.41 Å². The Labute approximate surface area is 136 Å². The molecule has 3 rings (SSSR count). The molecule has 1 saturated heterocycles. The zero-order valence-corrected chi connectivity index (χ0v) is 13.9. The molecule has 0 saturated carbocycles. The molecule has 1 aromatic carbocycles. The van der Waals surface area contributed by atoms with E-state index in [1.54, 1.807) is 11.8 Å². The number of benzene rings is 1. The van der Waals surface area contributed by atoms with E-state index >= 15 is 0 Å². The van der Waals surface area contributed by atoms with Crippen LogP contribution in [0.5, 0.6) is 0 Å². The van der Waals surface area contributed by atoms with Gasteiger partial charge in [0.15, 0.2) is 5.76 Å². The lowest BCUT2D eigenvalue weighted by atomic mass is 9.90. The highest BCUT2D eigenvalue weighted by atomic mass is 79.9. The van der Waals surface area contributed by atoms with Crippen LogP contribution >= 0.6 is 15.9 Å². The minimum absolute atomic E-state index is 0.210. The number of rotatable bonds is 2. The number of fused-ring (bicyclic) bond motifs is 1. The number of hydrogen-bond donors (Lipinski definition) is 1. The zero-order chi connectivity index (χ0) is 16.1. The van der Waals surface area contributed by atoms with Crippen molar-refractivity contribution in [3.8, 4) is 0 Å². The summed E-state index contributed by atoms with van der Waals surface area (Å²) in [6.45, 7) is 4.16. The van der Waals surface area contributed by atoms with Crippen molar-refractivity contribution in [2.45, 2.75) is 20.3 Å². The summed E-state index contributed by atoms with van der Waals surface area (Å²) in [6, 6.07) is 5.59. The first-order valence-corrected chi connectivity index (χ1v) is 7.82. The number of aryl methyl sites for hydroxylation is 1. The minimum Gasteiger partial charge on any atom is -0.481 e. The molecule has 1 aliphatic rings. The topological polar surface area (TPSA) is 70.8 Å². The van der Waals surface area contributed by atoms with Crippen molar-refractivity contribution in [1.82, 2.24) is 4.90 Å². The molecule has 1 N–H and O–H groups in total. The number of hydrogen-bond acceptors (Lipinski definition) is 3. The standard InChI is InChI=1S/C16H16BrNO4/c1-9-11-7-10(17)3-4-12(11)22-13(9)14(19)18-6-5-16(2,8-18)15(20)21/h3-4,7H,5-6,8H2,1-2H3,(H,20,21). The van der Waals surface area contributed by atoms with Crippen molar-refractivity contribution < 1.29 is 19.1 Å². The molecule has 1 unspecified atom stereocenters. The maximum atomic E-state index is 12.7. The van der Waals surface area contributed by atoms with E-state index in [9.17, 15) is 14.7 Å². The fraction of sp³-hybridized carbons (Fsp3) is 0.375. The van der Waals surface area contributed by atoms with Crippen molar-refractivity contribution in [3.05, 3.63) is 34.0 Å². The van der Waals surface area contributed by atoms with E-state index in [2.05, 4.69) is 15.9 Å². The number of halogens is 1. The lowest BCUT2D eigenvalue weighted by molar-refractivity contribution is -0.147. The Balaban J connectivity index is 1.94. The average Bonchev–Trinajstić information content (AvgIpc) is 3.01. The fourth-order valence-corrected chi connectivity index (χ4v) is 3.21. The fourth-order valence-electron chi connectivity index (χ4n) is 2.85. The van der Waals surface area contributed by atoms with Crippen LogP contribution < -0.4 is 0 Å². The van der Waals surface area contributed by atoms with Crippen LogP contribution in [0.1, 0.15) is 29.5 Å². The summed E-state index contributed by atoms with van der Waals surface area (Å²) in [4.78, 5) is 25.5. The number of aliphatic carboxylic acids is 1. The molecular weight excluding hydrogens is 350 g/mol. The normalized spacial score (nSPS) is 21.5. The van der Waals surface area contributed by atoms with Gasteiger partial charge in [-0.2, -0.15) is 0 Å². The smallest absolute Gasteiger partial charge is 0.311 e. The molecule has 0 spiro atoms. The Hall–Kier alpha value is -1.82. The second-order valence-corrected chi connectivity index (χ2v) is 6.95.